The van der Waals surface area contributed by atoms with E-state index in [-0.39, 0.29) is 18.3 Å². The fourth-order valence-corrected chi connectivity index (χ4v) is 2.07. The fraction of sp³-hybridized carbons (Fsp3) is 0.692. The first-order chi connectivity index (χ1) is 10.1. The number of rotatable bonds is 11. The van der Waals surface area contributed by atoms with Gasteiger partial charge in [0.1, 0.15) is 11.6 Å². The summed E-state index contributed by atoms with van der Waals surface area (Å²) >= 11 is 1.35. The zero-order chi connectivity index (χ0) is 15.5. The predicted molar refractivity (Wildman–Crippen MR) is 78.5 cm³/mol. The Morgan fingerprint density at radius 2 is 1.86 bits per heavy atom. The number of hydrogen-bond donors (Lipinski definition) is 1. The third-order valence-electron chi connectivity index (χ3n) is 2.39. The number of thiazole rings is 1. The fourth-order valence-electron chi connectivity index (χ4n) is 1.32. The van der Waals surface area contributed by atoms with Gasteiger partial charge < -0.3 is 24.7 Å². The van der Waals surface area contributed by atoms with Crippen LogP contribution in [0.25, 0.3) is 0 Å². The van der Waals surface area contributed by atoms with Gasteiger partial charge >= 0.3 is 5.97 Å². The molecule has 0 aromatic carbocycles. The van der Waals surface area contributed by atoms with Crippen molar-refractivity contribution in [3.05, 3.63) is 16.1 Å². The van der Waals surface area contributed by atoms with Gasteiger partial charge in [0.15, 0.2) is 5.69 Å². The molecule has 1 aromatic heterocycles. The van der Waals surface area contributed by atoms with E-state index >= 15 is 0 Å². The van der Waals surface area contributed by atoms with E-state index in [9.17, 15) is 4.79 Å². The van der Waals surface area contributed by atoms with Crippen LogP contribution in [0.5, 0.6) is 0 Å². The monoisotopic (exact) mass is 318 g/mol. The molecule has 1 unspecified atom stereocenters. The Morgan fingerprint density at radius 3 is 2.43 bits per heavy atom. The Balaban J connectivity index is 2.05. The van der Waals surface area contributed by atoms with Crippen LogP contribution in [-0.2, 0) is 18.9 Å². The van der Waals surface area contributed by atoms with E-state index in [2.05, 4.69) is 4.98 Å². The summed E-state index contributed by atoms with van der Waals surface area (Å²) in [6, 6.07) is -0.182. The summed E-state index contributed by atoms with van der Waals surface area (Å²) in [7, 11) is 1.62. The second kappa shape index (κ2) is 10.6. The van der Waals surface area contributed by atoms with Gasteiger partial charge in [-0.25, -0.2) is 9.78 Å². The van der Waals surface area contributed by atoms with Crippen molar-refractivity contribution in [2.45, 2.75) is 13.0 Å². The maximum Gasteiger partial charge on any atom is 0.357 e. The topological polar surface area (TPSA) is 92.9 Å². The standard InChI is InChI=1S/C13H22N2O5S/c1-10(14)12-15-11(9-21-12)13(16)20-8-7-19-6-5-18-4-3-17-2/h9-10H,3-8,14H2,1-2H3. The molecule has 120 valence electrons. The van der Waals surface area contributed by atoms with E-state index in [1.54, 1.807) is 12.5 Å². The Morgan fingerprint density at radius 1 is 1.24 bits per heavy atom. The molecule has 0 radical (unpaired) electrons. The van der Waals surface area contributed by atoms with E-state index in [0.29, 0.717) is 38.0 Å². The van der Waals surface area contributed by atoms with Gasteiger partial charge in [0.2, 0.25) is 0 Å². The lowest BCUT2D eigenvalue weighted by atomic mass is 10.4. The van der Waals surface area contributed by atoms with Crippen LogP contribution in [0.1, 0.15) is 28.5 Å². The highest BCUT2D eigenvalue weighted by Crippen LogP contribution is 2.16. The average Bonchev–Trinajstić information content (AvgIpc) is 2.95. The summed E-state index contributed by atoms with van der Waals surface area (Å²) in [4.78, 5) is 15.8. The van der Waals surface area contributed by atoms with Crippen LogP contribution in [0, 0.1) is 0 Å². The molecule has 1 atom stereocenters. The van der Waals surface area contributed by atoms with Crippen molar-refractivity contribution in [2.75, 3.05) is 46.8 Å². The van der Waals surface area contributed by atoms with Crippen LogP contribution in [-0.4, -0.2) is 57.7 Å². The Labute approximate surface area is 128 Å². The van der Waals surface area contributed by atoms with Crippen molar-refractivity contribution in [3.8, 4) is 0 Å². The molecule has 0 aliphatic carbocycles. The van der Waals surface area contributed by atoms with Crippen molar-refractivity contribution in [3.63, 3.8) is 0 Å². The van der Waals surface area contributed by atoms with Gasteiger partial charge in [0.05, 0.1) is 39.1 Å². The summed E-state index contributed by atoms with van der Waals surface area (Å²) in [5, 5.41) is 2.36. The first kappa shape index (κ1) is 18.0. The first-order valence-corrected chi connectivity index (χ1v) is 7.55. The predicted octanol–water partition coefficient (Wildman–Crippen LogP) is 0.999. The summed E-state index contributed by atoms with van der Waals surface area (Å²) in [5.74, 6) is -0.460. The van der Waals surface area contributed by atoms with E-state index in [1.807, 2.05) is 6.92 Å². The van der Waals surface area contributed by atoms with Crippen molar-refractivity contribution in [1.29, 1.82) is 0 Å². The molecular formula is C13H22N2O5S. The summed E-state index contributed by atoms with van der Waals surface area (Å²) in [6.07, 6.45) is 0. The number of esters is 1. The third-order valence-corrected chi connectivity index (χ3v) is 3.43. The van der Waals surface area contributed by atoms with Gasteiger partial charge in [0.25, 0.3) is 0 Å². The van der Waals surface area contributed by atoms with Crippen molar-refractivity contribution < 1.29 is 23.7 Å². The molecule has 0 fully saturated rings. The number of aromatic nitrogens is 1. The highest BCUT2D eigenvalue weighted by atomic mass is 32.1. The number of hydrogen-bond acceptors (Lipinski definition) is 8. The molecule has 1 heterocycles. The van der Waals surface area contributed by atoms with Crippen molar-refractivity contribution >= 4 is 17.3 Å². The lowest BCUT2D eigenvalue weighted by Crippen LogP contribution is -2.14. The molecular weight excluding hydrogens is 296 g/mol. The molecule has 7 nitrogen and oxygen atoms in total. The highest BCUT2D eigenvalue weighted by molar-refractivity contribution is 7.09. The lowest BCUT2D eigenvalue weighted by molar-refractivity contribution is 0.00551. The number of carbonyl (C=O) groups excluding carboxylic acids is 1. The molecule has 0 bridgehead atoms. The molecule has 8 heteroatoms. The van der Waals surface area contributed by atoms with Crippen molar-refractivity contribution in [1.82, 2.24) is 4.98 Å². The van der Waals surface area contributed by atoms with Gasteiger partial charge in [0, 0.05) is 12.5 Å². The maximum absolute atomic E-state index is 11.7. The minimum Gasteiger partial charge on any atom is -0.458 e. The Hall–Kier alpha value is -1.06. The first-order valence-electron chi connectivity index (χ1n) is 6.67. The highest BCUT2D eigenvalue weighted by Gasteiger charge is 2.13. The molecule has 21 heavy (non-hydrogen) atoms. The summed E-state index contributed by atoms with van der Waals surface area (Å²) < 4.78 is 20.4. The molecule has 0 saturated carbocycles. The minimum absolute atomic E-state index is 0.182. The average molecular weight is 318 g/mol. The molecule has 1 aromatic rings. The van der Waals surface area contributed by atoms with Crippen LogP contribution in [0.3, 0.4) is 0 Å². The number of nitrogens with zero attached hydrogens (tertiary/aromatic N) is 1. The van der Waals surface area contributed by atoms with Crippen LogP contribution in [0.2, 0.25) is 0 Å². The zero-order valence-electron chi connectivity index (χ0n) is 12.4. The largest absolute Gasteiger partial charge is 0.458 e. The number of nitrogens with two attached hydrogens (primary N) is 1. The van der Waals surface area contributed by atoms with Crippen LogP contribution in [0.15, 0.2) is 5.38 Å². The normalized spacial score (nSPS) is 12.3. The van der Waals surface area contributed by atoms with E-state index < -0.39 is 5.97 Å². The second-order valence-corrected chi connectivity index (χ2v) is 5.10. The van der Waals surface area contributed by atoms with Gasteiger partial charge in [-0.2, -0.15) is 0 Å². The van der Waals surface area contributed by atoms with Gasteiger partial charge in [-0.05, 0) is 6.92 Å². The summed E-state index contributed by atoms with van der Waals surface area (Å²) in [6.45, 7) is 4.37. The van der Waals surface area contributed by atoms with Crippen LogP contribution >= 0.6 is 11.3 Å². The third kappa shape index (κ3) is 7.49. The number of carbonyl (C=O) groups is 1. The van der Waals surface area contributed by atoms with Gasteiger partial charge in [-0.3, -0.25) is 0 Å². The molecule has 2 N–H and O–H groups in total. The van der Waals surface area contributed by atoms with Gasteiger partial charge in [-0.15, -0.1) is 11.3 Å². The maximum atomic E-state index is 11.7. The van der Waals surface area contributed by atoms with Crippen LogP contribution in [0.4, 0.5) is 0 Å². The molecule has 0 aliphatic rings. The zero-order valence-corrected chi connectivity index (χ0v) is 13.2. The van der Waals surface area contributed by atoms with Crippen LogP contribution < -0.4 is 5.73 Å². The Kier molecular flexibility index (Phi) is 9.11. The van der Waals surface area contributed by atoms with Gasteiger partial charge in [-0.1, -0.05) is 0 Å². The number of ether oxygens (including phenoxy) is 4. The Bertz CT molecular complexity index is 411. The van der Waals surface area contributed by atoms with E-state index in [0.717, 1.165) is 0 Å². The van der Waals surface area contributed by atoms with E-state index in [4.69, 9.17) is 24.7 Å². The van der Waals surface area contributed by atoms with Crippen molar-refractivity contribution in [2.24, 2.45) is 5.73 Å². The second-order valence-electron chi connectivity index (χ2n) is 4.21. The minimum atomic E-state index is -0.460. The quantitative estimate of drug-likeness (QED) is 0.480. The molecule has 0 saturated heterocycles. The molecule has 0 aliphatic heterocycles. The SMILES string of the molecule is COCCOCCOCCOC(=O)c1csc(C(C)N)n1. The summed E-state index contributed by atoms with van der Waals surface area (Å²) in [5.41, 5.74) is 5.97. The smallest absolute Gasteiger partial charge is 0.357 e. The lowest BCUT2D eigenvalue weighted by Gasteiger charge is -2.06. The molecule has 0 spiro atoms. The van der Waals surface area contributed by atoms with E-state index in [1.165, 1.54) is 11.3 Å². The molecule has 0 amide bonds. The molecule has 1 rings (SSSR count). The number of methoxy groups -OCH3 is 1.